The van der Waals surface area contributed by atoms with Crippen molar-refractivity contribution in [1.29, 1.82) is 0 Å². The van der Waals surface area contributed by atoms with Crippen LogP contribution in [-0.4, -0.2) is 51.3 Å². The number of nitrogens with two attached hydrogens (primary N) is 1. The minimum absolute atomic E-state index is 0.155. The van der Waals surface area contributed by atoms with E-state index in [-0.39, 0.29) is 43.9 Å². The summed E-state index contributed by atoms with van der Waals surface area (Å²) in [6.07, 6.45) is -10.7. The molecule has 2 aliphatic carbocycles. The van der Waals surface area contributed by atoms with Gasteiger partial charge < -0.3 is 5.73 Å². The summed E-state index contributed by atoms with van der Waals surface area (Å²) in [7, 11) is -4.22. The summed E-state index contributed by atoms with van der Waals surface area (Å²) in [6, 6.07) is 4.49. The van der Waals surface area contributed by atoms with Crippen molar-refractivity contribution in [2.45, 2.75) is 62.5 Å². The van der Waals surface area contributed by atoms with Gasteiger partial charge in [0.15, 0.2) is 11.5 Å². The third-order valence-electron chi connectivity index (χ3n) is 9.90. The molecule has 0 aliphatic heterocycles. The zero-order valence-electron chi connectivity index (χ0n) is 30.8. The molecule has 10 nitrogen and oxygen atoms in total. The lowest BCUT2D eigenvalue weighted by Crippen LogP contribution is -2.37. The van der Waals surface area contributed by atoms with E-state index in [0.717, 1.165) is 24.3 Å². The second-order valence-electron chi connectivity index (χ2n) is 14.5. The second-order valence-corrected chi connectivity index (χ2v) is 16.7. The lowest BCUT2D eigenvalue weighted by molar-refractivity contribution is -0.143. The van der Waals surface area contributed by atoms with Crippen LogP contribution in [-0.2, 0) is 39.9 Å². The van der Waals surface area contributed by atoms with Gasteiger partial charge in [-0.05, 0) is 73.1 Å². The highest BCUT2D eigenvalue weighted by Gasteiger charge is 2.69. The predicted molar refractivity (Wildman–Crippen MR) is 197 cm³/mol. The number of carbonyl (C=O) groups excluding carboxylic acids is 1. The number of pyridine rings is 1. The molecule has 7 rings (SSSR count). The zero-order chi connectivity index (χ0) is 44.0. The number of primary amides is 1. The van der Waals surface area contributed by atoms with Crippen LogP contribution in [0.25, 0.3) is 22.0 Å². The van der Waals surface area contributed by atoms with Crippen molar-refractivity contribution in [3.05, 3.63) is 105 Å². The summed E-state index contributed by atoms with van der Waals surface area (Å²) in [5, 5.41) is 6.71. The number of fused-ring (bicyclic) bond motifs is 4. The van der Waals surface area contributed by atoms with Gasteiger partial charge in [-0.3, -0.25) is 14.2 Å². The van der Waals surface area contributed by atoms with Crippen molar-refractivity contribution in [1.82, 2.24) is 24.5 Å². The Bertz CT molecular complexity index is 2790. The number of rotatable bonds is 10. The van der Waals surface area contributed by atoms with Gasteiger partial charge in [0.2, 0.25) is 15.9 Å². The molecular formula is C38H28ClF10N7O3S. The molecule has 3 aromatic heterocycles. The average molecular weight is 888 g/mol. The molecule has 0 saturated heterocycles. The fraction of sp³-hybridized carbons (Fsp3) is 0.316. The van der Waals surface area contributed by atoms with Crippen LogP contribution in [0.4, 0.5) is 49.7 Å². The van der Waals surface area contributed by atoms with Gasteiger partial charge >= 0.3 is 12.4 Å². The van der Waals surface area contributed by atoms with E-state index in [1.807, 2.05) is 4.72 Å². The fourth-order valence-electron chi connectivity index (χ4n) is 7.72. The molecule has 0 radical (unpaired) electrons. The first kappa shape index (κ1) is 42.5. The molecule has 2 aromatic carbocycles. The normalized spacial score (nSPS) is 18.0. The number of aromatic nitrogens is 5. The van der Waals surface area contributed by atoms with Crippen LogP contribution < -0.4 is 10.5 Å². The molecule has 3 heterocycles. The van der Waals surface area contributed by atoms with Gasteiger partial charge in [-0.1, -0.05) is 30.2 Å². The summed E-state index contributed by atoms with van der Waals surface area (Å²) >= 11 is 6.46. The van der Waals surface area contributed by atoms with Gasteiger partial charge in [0, 0.05) is 34.6 Å². The van der Waals surface area contributed by atoms with Gasteiger partial charge in [0.05, 0.1) is 27.9 Å². The topological polar surface area (TPSA) is 138 Å². The highest BCUT2D eigenvalue weighted by molar-refractivity contribution is 7.92. The van der Waals surface area contributed by atoms with Gasteiger partial charge in [0.25, 0.3) is 5.92 Å². The quantitative estimate of drug-likeness (QED) is 0.107. The molecule has 22 heteroatoms. The zero-order valence-corrected chi connectivity index (χ0v) is 32.4. The lowest BCUT2D eigenvalue weighted by Gasteiger charge is -2.29. The van der Waals surface area contributed by atoms with Crippen molar-refractivity contribution >= 4 is 44.3 Å². The van der Waals surface area contributed by atoms with Crippen LogP contribution >= 0.6 is 11.6 Å². The summed E-state index contributed by atoms with van der Waals surface area (Å²) < 4.78 is 175. The first-order chi connectivity index (χ1) is 27.7. The van der Waals surface area contributed by atoms with Crippen LogP contribution in [0.3, 0.4) is 0 Å². The Hall–Kier alpha value is -5.62. The molecule has 2 aliphatic rings. The molecule has 1 amide bonds. The molecule has 0 bridgehead atoms. The Kier molecular flexibility index (Phi) is 10.3. The van der Waals surface area contributed by atoms with E-state index in [4.69, 9.17) is 17.3 Å². The van der Waals surface area contributed by atoms with Crippen LogP contribution in [0.15, 0.2) is 54.6 Å². The molecule has 0 spiro atoms. The van der Waals surface area contributed by atoms with Gasteiger partial charge in [-0.25, -0.2) is 26.9 Å². The van der Waals surface area contributed by atoms with E-state index >= 15 is 8.78 Å². The average Bonchev–Trinajstić information content (AvgIpc) is 3.61. The number of sulfonamides is 1. The molecule has 1 fully saturated rings. The van der Waals surface area contributed by atoms with Crippen LogP contribution in [0, 0.1) is 29.4 Å². The largest absolute Gasteiger partial charge is 0.435 e. The number of halogens is 11. The number of nitrogens with one attached hydrogen (secondary N) is 1. The van der Waals surface area contributed by atoms with E-state index in [1.54, 1.807) is 0 Å². The van der Waals surface area contributed by atoms with Crippen molar-refractivity contribution in [2.24, 2.45) is 11.7 Å². The van der Waals surface area contributed by atoms with E-state index in [0.29, 0.717) is 22.6 Å². The summed E-state index contributed by atoms with van der Waals surface area (Å²) in [6.45, 7) is 3.36. The maximum atomic E-state index is 16.1. The molecule has 3 N–H and O–H groups in total. The maximum Gasteiger partial charge on any atom is 0.435 e. The third-order valence-corrected chi connectivity index (χ3v) is 10.8. The number of allylic oxidation sites excluding steroid dienone is 1. The number of anilines is 1. The smallest absolute Gasteiger partial charge is 0.368 e. The number of nitrogens with zero attached hydrogens (tertiary/aromatic N) is 5. The van der Waals surface area contributed by atoms with E-state index in [1.165, 1.54) is 19.1 Å². The van der Waals surface area contributed by atoms with Crippen LogP contribution in [0.1, 0.15) is 65.1 Å². The summed E-state index contributed by atoms with van der Waals surface area (Å²) in [5.74, 6) is -7.90. The molecule has 1 unspecified atom stereocenters. The molecule has 4 atom stereocenters. The Balaban J connectivity index is 1.59. The molecule has 60 heavy (non-hydrogen) atoms. The first-order valence-electron chi connectivity index (χ1n) is 17.5. The van der Waals surface area contributed by atoms with E-state index in [2.05, 4.69) is 33.6 Å². The Morgan fingerprint density at radius 1 is 1.07 bits per heavy atom. The first-order valence-corrected chi connectivity index (χ1v) is 19.8. The number of alkyl halides is 8. The van der Waals surface area contributed by atoms with Crippen LogP contribution in [0.2, 0.25) is 5.02 Å². The minimum atomic E-state index is -5.31. The fourth-order valence-corrected chi connectivity index (χ4v) is 8.45. The van der Waals surface area contributed by atoms with Crippen molar-refractivity contribution < 1.29 is 57.1 Å². The second kappa shape index (κ2) is 14.5. The minimum Gasteiger partial charge on any atom is -0.368 e. The Morgan fingerprint density at radius 2 is 1.72 bits per heavy atom. The number of carbonyl (C=O) groups is 1. The monoisotopic (exact) mass is 887 g/mol. The van der Waals surface area contributed by atoms with Gasteiger partial charge in [-0.15, -0.1) is 0 Å². The standard InChI is InChI=1S/C38H28ClF10N7O3S/c1-16(2)4-5-20-6-7-21(22-8-9-26(39)28-30(22)55(15-36(42,43)44)53-35(28)54-60(3,58)59)29(51-20)24(12-17-10-18(40)13-19(41)11-17)31(34(50)57)56-33-27(32(52-56)38(47,48)49)23-14-25(23)37(33,45)46/h6-11,13,23-25,31H,1,12,14-15H2,2-3H3,(H2,50,57)(H,53,54)/t23-,24+,25+,31?/m0/s1. The molecular weight excluding hydrogens is 860 g/mol. The predicted octanol–water partition coefficient (Wildman–Crippen LogP) is 8.37. The number of hydrogen-bond donors (Lipinski definition) is 2. The van der Waals surface area contributed by atoms with Gasteiger partial charge in [-0.2, -0.15) is 45.3 Å². The van der Waals surface area contributed by atoms with E-state index in [9.17, 15) is 48.3 Å². The highest BCUT2D eigenvalue weighted by Crippen LogP contribution is 2.69. The molecule has 316 valence electrons. The number of hydrogen-bond acceptors (Lipinski definition) is 6. The van der Waals surface area contributed by atoms with Gasteiger partial charge in [0.1, 0.15) is 35.6 Å². The Labute approximate surface area is 338 Å². The number of benzene rings is 2. The summed E-state index contributed by atoms with van der Waals surface area (Å²) in [5.41, 5.74) is 0.484. The summed E-state index contributed by atoms with van der Waals surface area (Å²) in [4.78, 5) is 18.3. The molecule has 5 aromatic rings. The third kappa shape index (κ3) is 8.01. The number of amides is 1. The maximum absolute atomic E-state index is 16.1. The van der Waals surface area contributed by atoms with Crippen LogP contribution in [0.5, 0.6) is 0 Å². The van der Waals surface area contributed by atoms with Crippen molar-refractivity contribution in [2.75, 3.05) is 11.0 Å². The highest BCUT2D eigenvalue weighted by atomic mass is 35.5. The van der Waals surface area contributed by atoms with E-state index < -0.39 is 117 Å². The lowest BCUT2D eigenvalue weighted by atomic mass is 9.84. The van der Waals surface area contributed by atoms with Crippen molar-refractivity contribution in [3.63, 3.8) is 0 Å². The molecule has 1 saturated carbocycles. The van der Waals surface area contributed by atoms with Crippen molar-refractivity contribution in [3.8, 4) is 23.0 Å². The Morgan fingerprint density at radius 3 is 2.30 bits per heavy atom. The SMILES string of the molecule is C=C(C)C#Cc1ccc(-c2ccc(Cl)c3c(NS(C)(=O)=O)nn(CC(F)(F)F)c23)c([C@@H](Cc2cc(F)cc(F)c2)C(C(N)=O)n2nc(C(F)(F)F)c3c2C(F)(F)[C@@H]2C[C@H]32)n1.